The van der Waals surface area contributed by atoms with E-state index in [0.717, 1.165) is 57.5 Å². The lowest BCUT2D eigenvalue weighted by Gasteiger charge is -2.32. The van der Waals surface area contributed by atoms with Crippen LogP contribution in [-0.2, 0) is 11.3 Å². The Morgan fingerprint density at radius 1 is 1.29 bits per heavy atom. The fraction of sp³-hybridized carbons (Fsp3) is 0.556. The molecule has 2 saturated heterocycles. The van der Waals surface area contributed by atoms with Crippen molar-refractivity contribution in [1.82, 2.24) is 15.1 Å². The molecule has 0 bridgehead atoms. The number of hydrogen-bond donors (Lipinski definition) is 1. The van der Waals surface area contributed by atoms with Crippen molar-refractivity contribution in [1.29, 1.82) is 5.26 Å². The predicted octanol–water partition coefficient (Wildman–Crippen LogP) is 1.04. The van der Waals surface area contributed by atoms with Crippen LogP contribution in [0.3, 0.4) is 0 Å². The summed E-state index contributed by atoms with van der Waals surface area (Å²) in [5, 5.41) is 12.3. The smallest absolute Gasteiger partial charge is 0.193 e. The topological polar surface area (TPSA) is 63.9 Å². The van der Waals surface area contributed by atoms with Crippen LogP contribution in [-0.4, -0.2) is 68.2 Å². The van der Waals surface area contributed by atoms with E-state index in [-0.39, 0.29) is 0 Å². The summed E-state index contributed by atoms with van der Waals surface area (Å²) >= 11 is 0. The minimum absolute atomic E-state index is 0.599. The summed E-state index contributed by atoms with van der Waals surface area (Å²) < 4.78 is 5.45. The van der Waals surface area contributed by atoms with Gasteiger partial charge in [-0.25, -0.2) is 0 Å². The summed E-state index contributed by atoms with van der Waals surface area (Å²) in [6.45, 7) is 6.55. The minimum Gasteiger partial charge on any atom is -0.379 e. The Morgan fingerprint density at radius 3 is 2.71 bits per heavy atom. The van der Waals surface area contributed by atoms with Crippen LogP contribution < -0.4 is 5.32 Å². The first kappa shape index (κ1) is 16.7. The van der Waals surface area contributed by atoms with E-state index in [4.69, 9.17) is 10.00 Å². The van der Waals surface area contributed by atoms with Crippen molar-refractivity contribution in [3.63, 3.8) is 0 Å². The van der Waals surface area contributed by atoms with Crippen LogP contribution in [0.25, 0.3) is 0 Å². The van der Waals surface area contributed by atoms with Crippen molar-refractivity contribution in [2.45, 2.75) is 19.0 Å². The fourth-order valence-electron chi connectivity index (χ4n) is 3.39. The van der Waals surface area contributed by atoms with Crippen LogP contribution in [0, 0.1) is 11.3 Å². The number of nitrogens with one attached hydrogen (secondary N) is 1. The lowest BCUT2D eigenvalue weighted by Crippen LogP contribution is -2.46. The monoisotopic (exact) mass is 327 g/mol. The zero-order valence-corrected chi connectivity index (χ0v) is 14.2. The molecule has 3 rings (SSSR count). The van der Waals surface area contributed by atoms with E-state index in [1.807, 2.05) is 31.3 Å². The molecule has 6 nitrogen and oxygen atoms in total. The summed E-state index contributed by atoms with van der Waals surface area (Å²) in [6.07, 6.45) is 1.18. The van der Waals surface area contributed by atoms with E-state index >= 15 is 0 Å². The van der Waals surface area contributed by atoms with Gasteiger partial charge in [0, 0.05) is 45.8 Å². The molecular formula is C18H25N5O. The van der Waals surface area contributed by atoms with Crippen molar-refractivity contribution in [2.24, 2.45) is 4.99 Å². The van der Waals surface area contributed by atoms with E-state index < -0.39 is 0 Å². The lowest BCUT2D eigenvalue weighted by molar-refractivity contribution is 0.0195. The van der Waals surface area contributed by atoms with Crippen LogP contribution in [0.15, 0.2) is 29.3 Å². The quantitative estimate of drug-likeness (QED) is 0.664. The first-order valence-electron chi connectivity index (χ1n) is 8.56. The molecule has 2 heterocycles. The van der Waals surface area contributed by atoms with Crippen molar-refractivity contribution in [3.8, 4) is 6.07 Å². The molecule has 128 valence electrons. The maximum atomic E-state index is 8.86. The van der Waals surface area contributed by atoms with Gasteiger partial charge in [0.05, 0.1) is 24.8 Å². The second-order valence-corrected chi connectivity index (χ2v) is 6.25. The number of ether oxygens (including phenoxy) is 1. The van der Waals surface area contributed by atoms with Gasteiger partial charge in [0.25, 0.3) is 0 Å². The van der Waals surface area contributed by atoms with Gasteiger partial charge in [0.2, 0.25) is 0 Å². The number of rotatable bonds is 3. The zero-order chi connectivity index (χ0) is 16.8. The molecule has 0 saturated carbocycles. The Kier molecular flexibility index (Phi) is 5.68. The number of hydrogen-bond acceptors (Lipinski definition) is 4. The number of nitrogens with zero attached hydrogens (tertiary/aromatic N) is 4. The largest absolute Gasteiger partial charge is 0.379 e. The Balaban J connectivity index is 1.52. The Hall–Kier alpha value is -2.10. The number of benzene rings is 1. The van der Waals surface area contributed by atoms with E-state index in [2.05, 4.69) is 26.2 Å². The number of nitriles is 1. The van der Waals surface area contributed by atoms with Crippen molar-refractivity contribution in [2.75, 3.05) is 46.4 Å². The lowest BCUT2D eigenvalue weighted by atomic mass is 10.1. The molecule has 1 aromatic rings. The maximum Gasteiger partial charge on any atom is 0.193 e. The molecule has 1 N–H and O–H groups in total. The molecule has 24 heavy (non-hydrogen) atoms. The fourth-order valence-corrected chi connectivity index (χ4v) is 3.39. The highest BCUT2D eigenvalue weighted by molar-refractivity contribution is 5.80. The number of guanidine groups is 1. The molecule has 0 aliphatic carbocycles. The number of aliphatic imine (C=N–C) groups is 1. The van der Waals surface area contributed by atoms with E-state index in [9.17, 15) is 0 Å². The van der Waals surface area contributed by atoms with Gasteiger partial charge in [-0.3, -0.25) is 9.89 Å². The molecule has 2 aliphatic rings. The highest BCUT2D eigenvalue weighted by Crippen LogP contribution is 2.17. The van der Waals surface area contributed by atoms with Gasteiger partial charge in [0.15, 0.2) is 5.96 Å². The highest BCUT2D eigenvalue weighted by Gasteiger charge is 2.30. The maximum absolute atomic E-state index is 8.86. The minimum atomic E-state index is 0.599. The summed E-state index contributed by atoms with van der Waals surface area (Å²) in [5.74, 6) is 0.954. The van der Waals surface area contributed by atoms with Crippen molar-refractivity contribution in [3.05, 3.63) is 35.4 Å². The SMILES string of the molecule is CN=C(NCc1ccc(C#N)cc1)N1CCC(N2CCOCC2)C1. The molecule has 1 unspecified atom stereocenters. The summed E-state index contributed by atoms with van der Waals surface area (Å²) in [4.78, 5) is 9.31. The standard InChI is InChI=1S/C18H25N5O/c1-20-18(21-13-16-4-2-15(12-19)3-5-16)23-7-6-17(14-23)22-8-10-24-11-9-22/h2-5,17H,6-11,13-14H2,1H3,(H,20,21). The molecule has 1 atom stereocenters. The highest BCUT2D eigenvalue weighted by atomic mass is 16.5. The molecule has 6 heteroatoms. The van der Waals surface area contributed by atoms with Crippen LogP contribution in [0.4, 0.5) is 0 Å². The Labute approximate surface area is 143 Å². The summed E-state index contributed by atoms with van der Waals surface area (Å²) in [6, 6.07) is 10.4. The average Bonchev–Trinajstić information content (AvgIpc) is 3.13. The van der Waals surface area contributed by atoms with Crippen molar-refractivity contribution >= 4 is 5.96 Å². The molecule has 2 fully saturated rings. The van der Waals surface area contributed by atoms with Crippen molar-refractivity contribution < 1.29 is 4.74 Å². The number of morpholine rings is 1. The second kappa shape index (κ2) is 8.13. The van der Waals surface area contributed by atoms with Gasteiger partial charge in [-0.15, -0.1) is 0 Å². The van der Waals surface area contributed by atoms with Crippen LogP contribution in [0.1, 0.15) is 17.5 Å². The third-order valence-corrected chi connectivity index (χ3v) is 4.77. The Morgan fingerprint density at radius 2 is 2.04 bits per heavy atom. The summed E-state index contributed by atoms with van der Waals surface area (Å²) in [5.41, 5.74) is 1.84. The molecule has 0 amide bonds. The van der Waals surface area contributed by atoms with Gasteiger partial charge in [-0.2, -0.15) is 5.26 Å². The van der Waals surface area contributed by atoms with Crippen LogP contribution >= 0.6 is 0 Å². The molecule has 0 spiro atoms. The van der Waals surface area contributed by atoms with E-state index in [0.29, 0.717) is 11.6 Å². The molecule has 0 radical (unpaired) electrons. The van der Waals surface area contributed by atoms with E-state index in [1.165, 1.54) is 6.42 Å². The van der Waals surface area contributed by atoms with Gasteiger partial charge >= 0.3 is 0 Å². The van der Waals surface area contributed by atoms with Crippen LogP contribution in [0.5, 0.6) is 0 Å². The van der Waals surface area contributed by atoms with E-state index in [1.54, 1.807) is 0 Å². The van der Waals surface area contributed by atoms with Gasteiger partial charge in [-0.1, -0.05) is 12.1 Å². The third-order valence-electron chi connectivity index (χ3n) is 4.77. The molecule has 0 aromatic heterocycles. The second-order valence-electron chi connectivity index (χ2n) is 6.25. The van der Waals surface area contributed by atoms with Gasteiger partial charge < -0.3 is 15.0 Å². The zero-order valence-electron chi connectivity index (χ0n) is 14.2. The number of likely N-dealkylation sites (tertiary alicyclic amines) is 1. The third kappa shape index (κ3) is 4.05. The first-order valence-corrected chi connectivity index (χ1v) is 8.56. The normalized spacial score (nSPS) is 22.4. The van der Waals surface area contributed by atoms with Crippen LogP contribution in [0.2, 0.25) is 0 Å². The summed E-state index contributed by atoms with van der Waals surface area (Å²) in [7, 11) is 1.84. The van der Waals surface area contributed by atoms with Gasteiger partial charge in [0.1, 0.15) is 0 Å². The predicted molar refractivity (Wildman–Crippen MR) is 93.7 cm³/mol. The molecular weight excluding hydrogens is 302 g/mol. The van der Waals surface area contributed by atoms with Gasteiger partial charge in [-0.05, 0) is 24.1 Å². The molecule has 2 aliphatic heterocycles. The first-order chi connectivity index (χ1) is 11.8. The average molecular weight is 327 g/mol. The molecule has 1 aromatic carbocycles. The Bertz CT molecular complexity index is 601.